The minimum absolute atomic E-state index is 0.0398. The minimum atomic E-state index is -0.754. The number of carbonyl (C=O) groups excluding carboxylic acids is 1. The lowest BCUT2D eigenvalue weighted by Crippen LogP contribution is -2.57. The fourth-order valence-electron chi connectivity index (χ4n) is 2.34. The second-order valence-corrected chi connectivity index (χ2v) is 5.84. The van der Waals surface area contributed by atoms with Crippen molar-refractivity contribution in [3.05, 3.63) is 0 Å². The Hall–Kier alpha value is -0.720. The van der Waals surface area contributed by atoms with Gasteiger partial charge in [0.2, 0.25) is 0 Å². The van der Waals surface area contributed by atoms with Gasteiger partial charge in [-0.05, 0) is 20.3 Å². The highest BCUT2D eigenvalue weighted by molar-refractivity contribution is 7.80. The molecule has 0 bridgehead atoms. The van der Waals surface area contributed by atoms with Gasteiger partial charge in [0.15, 0.2) is 0 Å². The van der Waals surface area contributed by atoms with Gasteiger partial charge < -0.3 is 15.4 Å². The molecule has 1 amide bonds. The topological polar surface area (TPSA) is 58.8 Å². The van der Waals surface area contributed by atoms with E-state index >= 15 is 0 Å². The summed E-state index contributed by atoms with van der Waals surface area (Å²) in [6.07, 6.45) is 0.910. The van der Waals surface area contributed by atoms with Gasteiger partial charge in [-0.15, -0.1) is 0 Å². The summed E-state index contributed by atoms with van der Waals surface area (Å²) in [6.45, 7) is 8.69. The van der Waals surface area contributed by atoms with E-state index in [-0.39, 0.29) is 11.9 Å². The van der Waals surface area contributed by atoms with Gasteiger partial charge in [0.1, 0.15) is 5.60 Å². The Kier molecular flexibility index (Phi) is 5.70. The molecule has 1 aliphatic rings. The van der Waals surface area contributed by atoms with Crippen LogP contribution in [0.15, 0.2) is 0 Å². The fraction of sp³-hybridized carbons (Fsp3) is 0.846. The molecule has 0 spiro atoms. The number of amides is 1. The van der Waals surface area contributed by atoms with Crippen LogP contribution in [0.4, 0.5) is 0 Å². The highest BCUT2D eigenvalue weighted by Crippen LogP contribution is 2.16. The first-order chi connectivity index (χ1) is 8.83. The molecular formula is C13H25N3O2S. The van der Waals surface area contributed by atoms with E-state index in [0.29, 0.717) is 18.1 Å². The molecule has 1 atom stereocenters. The third-order valence-electron chi connectivity index (χ3n) is 3.78. The van der Waals surface area contributed by atoms with Crippen molar-refractivity contribution in [1.82, 2.24) is 9.80 Å². The standard InChI is InChI=1S/C13H25N3O2S/c1-5-10(11(14)19)15-6-8-16(9-7-15)12(17)13(2,3)18-4/h10H,5-9H2,1-4H3,(H2,14,19). The van der Waals surface area contributed by atoms with E-state index < -0.39 is 5.60 Å². The van der Waals surface area contributed by atoms with Gasteiger partial charge in [-0.1, -0.05) is 19.1 Å². The number of hydrogen-bond donors (Lipinski definition) is 1. The van der Waals surface area contributed by atoms with E-state index in [9.17, 15) is 4.79 Å². The van der Waals surface area contributed by atoms with E-state index in [2.05, 4.69) is 11.8 Å². The summed E-state index contributed by atoms with van der Waals surface area (Å²) >= 11 is 5.09. The average Bonchev–Trinajstić information content (AvgIpc) is 2.39. The van der Waals surface area contributed by atoms with Crippen molar-refractivity contribution < 1.29 is 9.53 Å². The molecule has 0 radical (unpaired) electrons. The molecule has 0 saturated carbocycles. The molecule has 0 aromatic heterocycles. The molecule has 1 saturated heterocycles. The number of nitrogens with two attached hydrogens (primary N) is 1. The SMILES string of the molecule is CCC(C(N)=S)N1CCN(C(=O)C(C)(C)OC)CC1. The Balaban J connectivity index is 2.58. The fourth-order valence-corrected chi connectivity index (χ4v) is 2.66. The molecule has 0 aliphatic carbocycles. The predicted molar refractivity (Wildman–Crippen MR) is 80.1 cm³/mol. The lowest BCUT2D eigenvalue weighted by atomic mass is 10.1. The molecule has 1 unspecified atom stereocenters. The number of hydrogen-bond acceptors (Lipinski definition) is 4. The first-order valence-corrected chi connectivity index (χ1v) is 7.12. The van der Waals surface area contributed by atoms with E-state index in [1.165, 1.54) is 0 Å². The molecule has 19 heavy (non-hydrogen) atoms. The van der Waals surface area contributed by atoms with Crippen molar-refractivity contribution in [2.45, 2.75) is 38.8 Å². The number of piperazine rings is 1. The van der Waals surface area contributed by atoms with E-state index in [4.69, 9.17) is 22.7 Å². The predicted octanol–water partition coefficient (Wildman–Crippen LogP) is 0.620. The number of rotatable bonds is 5. The Bertz CT molecular complexity index is 339. The zero-order valence-electron chi connectivity index (χ0n) is 12.3. The lowest BCUT2D eigenvalue weighted by Gasteiger charge is -2.40. The van der Waals surface area contributed by atoms with Crippen LogP contribution in [0, 0.1) is 0 Å². The van der Waals surface area contributed by atoms with E-state index in [1.807, 2.05) is 4.90 Å². The van der Waals surface area contributed by atoms with Crippen LogP contribution in [-0.4, -0.2) is 65.6 Å². The van der Waals surface area contributed by atoms with Gasteiger partial charge >= 0.3 is 0 Å². The lowest BCUT2D eigenvalue weighted by molar-refractivity contribution is -0.152. The quantitative estimate of drug-likeness (QED) is 0.751. The number of carbonyl (C=O) groups is 1. The summed E-state index contributed by atoms with van der Waals surface area (Å²) in [4.78, 5) is 16.9. The zero-order chi connectivity index (χ0) is 14.6. The molecular weight excluding hydrogens is 262 g/mol. The van der Waals surface area contributed by atoms with E-state index in [1.54, 1.807) is 21.0 Å². The summed E-state index contributed by atoms with van der Waals surface area (Å²) in [5.41, 5.74) is 5.00. The van der Waals surface area contributed by atoms with Crippen molar-refractivity contribution in [2.75, 3.05) is 33.3 Å². The number of methoxy groups -OCH3 is 1. The molecule has 2 N–H and O–H groups in total. The summed E-state index contributed by atoms with van der Waals surface area (Å²) in [5.74, 6) is 0.0398. The van der Waals surface area contributed by atoms with Gasteiger partial charge in [-0.3, -0.25) is 9.69 Å². The highest BCUT2D eigenvalue weighted by Gasteiger charge is 2.34. The molecule has 6 heteroatoms. The maximum absolute atomic E-state index is 12.3. The van der Waals surface area contributed by atoms with Gasteiger partial charge in [-0.2, -0.15) is 0 Å². The van der Waals surface area contributed by atoms with Crippen LogP contribution in [0.1, 0.15) is 27.2 Å². The summed E-state index contributed by atoms with van der Waals surface area (Å²) in [5, 5.41) is 0. The molecule has 1 heterocycles. The average molecular weight is 287 g/mol. The molecule has 110 valence electrons. The summed E-state index contributed by atoms with van der Waals surface area (Å²) < 4.78 is 5.24. The van der Waals surface area contributed by atoms with Crippen molar-refractivity contribution in [1.29, 1.82) is 0 Å². The third-order valence-corrected chi connectivity index (χ3v) is 4.05. The summed E-state index contributed by atoms with van der Waals surface area (Å²) in [7, 11) is 1.56. The van der Waals surface area contributed by atoms with E-state index in [0.717, 1.165) is 19.5 Å². The molecule has 1 fully saturated rings. The van der Waals surface area contributed by atoms with Crippen molar-refractivity contribution in [3.63, 3.8) is 0 Å². The van der Waals surface area contributed by atoms with Crippen LogP contribution in [-0.2, 0) is 9.53 Å². The monoisotopic (exact) mass is 287 g/mol. The zero-order valence-corrected chi connectivity index (χ0v) is 13.1. The molecule has 1 aliphatic heterocycles. The third kappa shape index (κ3) is 3.87. The number of ether oxygens (including phenoxy) is 1. The maximum atomic E-state index is 12.3. The molecule has 1 rings (SSSR count). The van der Waals surface area contributed by atoms with Gasteiger partial charge in [0, 0.05) is 33.3 Å². The van der Waals surface area contributed by atoms with Crippen LogP contribution in [0.2, 0.25) is 0 Å². The largest absolute Gasteiger partial charge is 0.392 e. The summed E-state index contributed by atoms with van der Waals surface area (Å²) in [6, 6.07) is 0.141. The molecule has 5 nitrogen and oxygen atoms in total. The Morgan fingerprint density at radius 2 is 1.89 bits per heavy atom. The first-order valence-electron chi connectivity index (χ1n) is 6.71. The highest BCUT2D eigenvalue weighted by atomic mass is 32.1. The van der Waals surface area contributed by atoms with Gasteiger partial charge in [0.25, 0.3) is 5.91 Å². The van der Waals surface area contributed by atoms with Crippen LogP contribution >= 0.6 is 12.2 Å². The number of thiocarbonyl (C=S) groups is 1. The molecule has 0 aromatic rings. The van der Waals surface area contributed by atoms with Crippen LogP contribution < -0.4 is 5.73 Å². The van der Waals surface area contributed by atoms with Crippen molar-refractivity contribution in [2.24, 2.45) is 5.73 Å². The molecule has 0 aromatic carbocycles. The number of nitrogens with zero attached hydrogens (tertiary/aromatic N) is 2. The minimum Gasteiger partial charge on any atom is -0.392 e. The van der Waals surface area contributed by atoms with Gasteiger partial charge in [-0.25, -0.2) is 0 Å². The second kappa shape index (κ2) is 6.63. The smallest absolute Gasteiger partial charge is 0.254 e. The van der Waals surface area contributed by atoms with Gasteiger partial charge in [0.05, 0.1) is 11.0 Å². The Morgan fingerprint density at radius 1 is 1.37 bits per heavy atom. The Morgan fingerprint density at radius 3 is 2.26 bits per heavy atom. The van der Waals surface area contributed by atoms with Crippen LogP contribution in [0.3, 0.4) is 0 Å². The van der Waals surface area contributed by atoms with Crippen LogP contribution in [0.5, 0.6) is 0 Å². The second-order valence-electron chi connectivity index (χ2n) is 5.37. The maximum Gasteiger partial charge on any atom is 0.254 e. The normalized spacial score (nSPS) is 19.3. The van der Waals surface area contributed by atoms with Crippen molar-refractivity contribution >= 4 is 23.1 Å². The van der Waals surface area contributed by atoms with Crippen LogP contribution in [0.25, 0.3) is 0 Å². The first kappa shape index (κ1) is 16.3. The Labute approximate surface area is 121 Å². The van der Waals surface area contributed by atoms with Crippen molar-refractivity contribution in [3.8, 4) is 0 Å².